The van der Waals surface area contributed by atoms with Crippen LogP contribution in [-0.4, -0.2) is 36.1 Å². The topological polar surface area (TPSA) is 32.3 Å². The molecule has 5 heteroatoms. The number of nitrogens with zero attached hydrogens (tertiary/aromatic N) is 4. The third-order valence-corrected chi connectivity index (χ3v) is 4.52. The molecule has 1 aliphatic rings. The highest BCUT2D eigenvalue weighted by molar-refractivity contribution is 5.62. The van der Waals surface area contributed by atoms with E-state index in [4.69, 9.17) is 0 Å². The summed E-state index contributed by atoms with van der Waals surface area (Å²) in [5, 5.41) is 0. The SMILES string of the molecule is Fc1ccccc1N1CCN(c2cc(-c3ccccc3)ncn2)CC1. The Balaban J connectivity index is 1.49. The van der Waals surface area contributed by atoms with Crippen LogP contribution in [-0.2, 0) is 0 Å². The van der Waals surface area contributed by atoms with Crippen LogP contribution in [0.2, 0.25) is 0 Å². The number of anilines is 2. The Hall–Kier alpha value is -2.95. The lowest BCUT2D eigenvalue weighted by atomic mass is 10.1. The molecule has 25 heavy (non-hydrogen) atoms. The van der Waals surface area contributed by atoms with Gasteiger partial charge in [-0.3, -0.25) is 0 Å². The van der Waals surface area contributed by atoms with Crippen molar-refractivity contribution in [3.8, 4) is 11.3 Å². The van der Waals surface area contributed by atoms with Gasteiger partial charge in [-0.1, -0.05) is 42.5 Å². The second-order valence-electron chi connectivity index (χ2n) is 6.05. The van der Waals surface area contributed by atoms with Crippen LogP contribution in [0.15, 0.2) is 67.0 Å². The van der Waals surface area contributed by atoms with Gasteiger partial charge in [0.15, 0.2) is 0 Å². The maximum Gasteiger partial charge on any atom is 0.146 e. The smallest absolute Gasteiger partial charge is 0.146 e. The van der Waals surface area contributed by atoms with Crippen LogP contribution in [0.1, 0.15) is 0 Å². The highest BCUT2D eigenvalue weighted by atomic mass is 19.1. The van der Waals surface area contributed by atoms with Crippen molar-refractivity contribution in [1.29, 1.82) is 0 Å². The molecule has 1 aliphatic heterocycles. The molecule has 2 aromatic carbocycles. The summed E-state index contributed by atoms with van der Waals surface area (Å²) >= 11 is 0. The number of piperazine rings is 1. The van der Waals surface area contributed by atoms with Crippen molar-refractivity contribution in [3.05, 3.63) is 72.8 Å². The Bertz CT molecular complexity index is 845. The first kappa shape index (κ1) is 15.6. The lowest BCUT2D eigenvalue weighted by molar-refractivity contribution is 0.596. The fourth-order valence-corrected chi connectivity index (χ4v) is 3.17. The fourth-order valence-electron chi connectivity index (χ4n) is 3.17. The summed E-state index contributed by atoms with van der Waals surface area (Å²) in [6, 6.07) is 19.1. The van der Waals surface area contributed by atoms with Gasteiger partial charge in [0.2, 0.25) is 0 Å². The number of hydrogen-bond donors (Lipinski definition) is 0. The summed E-state index contributed by atoms with van der Waals surface area (Å²) in [5.41, 5.74) is 2.67. The average molecular weight is 334 g/mol. The Morgan fingerprint density at radius 2 is 1.44 bits per heavy atom. The van der Waals surface area contributed by atoms with E-state index in [9.17, 15) is 4.39 Å². The number of benzene rings is 2. The summed E-state index contributed by atoms with van der Waals surface area (Å²) in [6.45, 7) is 3.15. The van der Waals surface area contributed by atoms with E-state index in [2.05, 4.69) is 19.8 Å². The monoisotopic (exact) mass is 334 g/mol. The van der Waals surface area contributed by atoms with Crippen molar-refractivity contribution in [2.75, 3.05) is 36.0 Å². The number of aromatic nitrogens is 2. The summed E-state index contributed by atoms with van der Waals surface area (Å²) < 4.78 is 14.0. The van der Waals surface area contributed by atoms with E-state index in [1.165, 1.54) is 6.07 Å². The molecule has 0 radical (unpaired) electrons. The van der Waals surface area contributed by atoms with E-state index < -0.39 is 0 Å². The standard InChI is InChI=1S/C20H19FN4/c21-17-8-4-5-9-19(17)24-10-12-25(13-11-24)20-14-18(22-15-23-20)16-6-2-1-3-7-16/h1-9,14-15H,10-13H2. The van der Waals surface area contributed by atoms with Gasteiger partial charge in [-0.05, 0) is 12.1 Å². The fraction of sp³-hybridized carbons (Fsp3) is 0.200. The average Bonchev–Trinajstić information content (AvgIpc) is 2.69. The molecule has 0 spiro atoms. The van der Waals surface area contributed by atoms with Crippen LogP contribution in [0.5, 0.6) is 0 Å². The van der Waals surface area contributed by atoms with Crippen LogP contribution in [0.4, 0.5) is 15.9 Å². The summed E-state index contributed by atoms with van der Waals surface area (Å²) in [6.07, 6.45) is 1.61. The van der Waals surface area contributed by atoms with Gasteiger partial charge in [-0.15, -0.1) is 0 Å². The quantitative estimate of drug-likeness (QED) is 0.732. The van der Waals surface area contributed by atoms with Gasteiger partial charge in [0.1, 0.15) is 18.0 Å². The minimum atomic E-state index is -0.163. The van der Waals surface area contributed by atoms with Gasteiger partial charge >= 0.3 is 0 Å². The highest BCUT2D eigenvalue weighted by Crippen LogP contribution is 2.24. The van der Waals surface area contributed by atoms with Gasteiger partial charge in [-0.2, -0.15) is 0 Å². The zero-order valence-corrected chi connectivity index (χ0v) is 13.8. The Labute approximate surface area is 146 Å². The van der Waals surface area contributed by atoms with Crippen molar-refractivity contribution in [2.45, 2.75) is 0 Å². The first-order chi connectivity index (χ1) is 12.3. The van der Waals surface area contributed by atoms with Gasteiger partial charge in [-0.25, -0.2) is 14.4 Å². The third-order valence-electron chi connectivity index (χ3n) is 4.52. The maximum absolute atomic E-state index is 14.0. The Kier molecular flexibility index (Phi) is 4.29. The van der Waals surface area contributed by atoms with Crippen LogP contribution in [0.3, 0.4) is 0 Å². The molecule has 1 fully saturated rings. The molecule has 1 saturated heterocycles. The molecule has 4 nitrogen and oxygen atoms in total. The van der Waals surface area contributed by atoms with Crippen LogP contribution in [0.25, 0.3) is 11.3 Å². The summed E-state index contributed by atoms with van der Waals surface area (Å²) in [7, 11) is 0. The van der Waals surface area contributed by atoms with Crippen LogP contribution in [0, 0.1) is 5.82 Å². The van der Waals surface area contributed by atoms with E-state index >= 15 is 0 Å². The minimum Gasteiger partial charge on any atom is -0.366 e. The largest absolute Gasteiger partial charge is 0.366 e. The molecule has 0 saturated carbocycles. The van der Waals surface area contributed by atoms with Crippen molar-refractivity contribution >= 4 is 11.5 Å². The van der Waals surface area contributed by atoms with Crippen molar-refractivity contribution in [3.63, 3.8) is 0 Å². The van der Waals surface area contributed by atoms with E-state index in [0.29, 0.717) is 5.69 Å². The second kappa shape index (κ2) is 6.89. The molecule has 0 atom stereocenters. The van der Waals surface area contributed by atoms with Gasteiger partial charge in [0.25, 0.3) is 0 Å². The normalized spacial score (nSPS) is 14.6. The zero-order chi connectivity index (χ0) is 17.1. The van der Waals surface area contributed by atoms with Crippen LogP contribution < -0.4 is 9.80 Å². The number of rotatable bonds is 3. The molecule has 126 valence electrons. The first-order valence-corrected chi connectivity index (χ1v) is 8.43. The molecular weight excluding hydrogens is 315 g/mol. The molecule has 0 N–H and O–H groups in total. The Morgan fingerprint density at radius 3 is 2.20 bits per heavy atom. The Morgan fingerprint density at radius 1 is 0.760 bits per heavy atom. The molecule has 0 bridgehead atoms. The number of para-hydroxylation sites is 1. The third kappa shape index (κ3) is 3.31. The van der Waals surface area contributed by atoms with E-state index in [1.807, 2.05) is 48.5 Å². The lowest BCUT2D eigenvalue weighted by Crippen LogP contribution is -2.47. The molecule has 0 unspecified atom stereocenters. The molecule has 0 amide bonds. The highest BCUT2D eigenvalue weighted by Gasteiger charge is 2.20. The summed E-state index contributed by atoms with van der Waals surface area (Å²) in [5.74, 6) is 0.756. The molecular formula is C20H19FN4. The molecule has 1 aromatic heterocycles. The predicted octanol–water partition coefficient (Wildman–Crippen LogP) is 3.61. The molecule has 0 aliphatic carbocycles. The minimum absolute atomic E-state index is 0.163. The van der Waals surface area contributed by atoms with Gasteiger partial charge in [0.05, 0.1) is 11.4 Å². The van der Waals surface area contributed by atoms with Gasteiger partial charge in [0, 0.05) is 37.8 Å². The maximum atomic E-state index is 14.0. The summed E-state index contributed by atoms with van der Waals surface area (Å²) in [4.78, 5) is 13.1. The molecule has 4 rings (SSSR count). The predicted molar refractivity (Wildman–Crippen MR) is 98.3 cm³/mol. The van der Waals surface area contributed by atoms with E-state index in [1.54, 1.807) is 12.4 Å². The first-order valence-electron chi connectivity index (χ1n) is 8.43. The lowest BCUT2D eigenvalue weighted by Gasteiger charge is -2.36. The number of hydrogen-bond acceptors (Lipinski definition) is 4. The van der Waals surface area contributed by atoms with Crippen LogP contribution >= 0.6 is 0 Å². The zero-order valence-electron chi connectivity index (χ0n) is 13.8. The number of halogens is 1. The molecule has 3 aromatic rings. The molecule has 2 heterocycles. The van der Waals surface area contributed by atoms with Gasteiger partial charge < -0.3 is 9.80 Å². The van der Waals surface area contributed by atoms with E-state index in [0.717, 1.165) is 43.3 Å². The van der Waals surface area contributed by atoms with Crippen molar-refractivity contribution in [2.24, 2.45) is 0 Å². The van der Waals surface area contributed by atoms with Crippen molar-refractivity contribution in [1.82, 2.24) is 9.97 Å². The van der Waals surface area contributed by atoms with E-state index in [-0.39, 0.29) is 5.82 Å². The van der Waals surface area contributed by atoms with Crippen molar-refractivity contribution < 1.29 is 4.39 Å². The second-order valence-corrected chi connectivity index (χ2v) is 6.05.